The minimum absolute atomic E-state index is 0.381. The van der Waals surface area contributed by atoms with Crippen LogP contribution in [0, 0.1) is 16.1 Å². The third-order valence-corrected chi connectivity index (χ3v) is 4.58. The molecule has 2 aliphatic rings. The molecule has 2 heterocycles. The lowest BCUT2D eigenvalue weighted by Gasteiger charge is -2.27. The van der Waals surface area contributed by atoms with Crippen molar-refractivity contribution in [2.45, 2.75) is 46.1 Å². The average Bonchev–Trinajstić information content (AvgIpc) is 2.86. The molecule has 0 bridgehead atoms. The molecule has 1 aromatic rings. The van der Waals surface area contributed by atoms with Gasteiger partial charge in [-0.3, -0.25) is 4.57 Å². The molecule has 18 heavy (non-hydrogen) atoms. The van der Waals surface area contributed by atoms with Crippen molar-refractivity contribution >= 4 is 18.2 Å². The van der Waals surface area contributed by atoms with E-state index in [-0.39, 0.29) is 0 Å². The Hall–Kier alpha value is -0.840. The summed E-state index contributed by atoms with van der Waals surface area (Å²) in [5.41, 5.74) is 0.381. The number of aromatic nitrogens is 3. The van der Waals surface area contributed by atoms with Crippen LogP contribution in [-0.2, 0) is 0 Å². The van der Waals surface area contributed by atoms with Gasteiger partial charge in [0.2, 0.25) is 5.95 Å². The predicted molar refractivity (Wildman–Crippen MR) is 75.5 cm³/mol. The van der Waals surface area contributed by atoms with Gasteiger partial charge in [0.1, 0.15) is 0 Å². The van der Waals surface area contributed by atoms with Crippen LogP contribution in [-0.4, -0.2) is 27.9 Å². The van der Waals surface area contributed by atoms with Gasteiger partial charge in [0.15, 0.2) is 4.77 Å². The highest BCUT2D eigenvalue weighted by Gasteiger charge is 2.35. The topological polar surface area (TPSA) is 36.9 Å². The molecule has 2 fully saturated rings. The number of nitrogens with one attached hydrogen (secondary N) is 1. The number of hydrogen-bond donors (Lipinski definition) is 1. The average molecular weight is 266 g/mol. The first-order valence-corrected chi connectivity index (χ1v) is 7.29. The molecule has 0 spiro atoms. The maximum atomic E-state index is 5.35. The second kappa shape index (κ2) is 4.08. The van der Waals surface area contributed by atoms with Crippen molar-refractivity contribution in [3.05, 3.63) is 4.77 Å². The number of aromatic amines is 1. The van der Waals surface area contributed by atoms with Gasteiger partial charge in [0.25, 0.3) is 0 Å². The van der Waals surface area contributed by atoms with E-state index in [2.05, 4.69) is 40.4 Å². The molecule has 1 atom stereocenters. The highest BCUT2D eigenvalue weighted by Crippen LogP contribution is 2.40. The van der Waals surface area contributed by atoms with Gasteiger partial charge in [-0.2, -0.15) is 0 Å². The molecule has 1 aromatic heterocycles. The lowest BCUT2D eigenvalue weighted by atomic mass is 9.80. The van der Waals surface area contributed by atoms with Crippen molar-refractivity contribution in [2.24, 2.45) is 11.3 Å². The van der Waals surface area contributed by atoms with E-state index in [1.807, 2.05) is 0 Å². The van der Waals surface area contributed by atoms with E-state index in [1.54, 1.807) is 0 Å². The van der Waals surface area contributed by atoms with Crippen molar-refractivity contribution in [1.82, 2.24) is 14.8 Å². The number of rotatable bonds is 2. The monoisotopic (exact) mass is 266 g/mol. The summed E-state index contributed by atoms with van der Waals surface area (Å²) in [5, 5.41) is 7.41. The molecule has 1 saturated heterocycles. The number of hydrogen-bond acceptors (Lipinski definition) is 3. The van der Waals surface area contributed by atoms with Crippen LogP contribution in [0.1, 0.15) is 46.1 Å². The van der Waals surface area contributed by atoms with Gasteiger partial charge in [-0.05, 0) is 42.8 Å². The maximum absolute atomic E-state index is 5.35. The third-order valence-electron chi connectivity index (χ3n) is 4.29. The van der Waals surface area contributed by atoms with Crippen molar-refractivity contribution in [2.75, 3.05) is 18.0 Å². The number of nitrogens with zero attached hydrogens (tertiary/aromatic N) is 3. The maximum Gasteiger partial charge on any atom is 0.225 e. The molecule has 0 aromatic carbocycles. The van der Waals surface area contributed by atoms with Gasteiger partial charge in [-0.15, -0.1) is 5.10 Å². The van der Waals surface area contributed by atoms with Crippen molar-refractivity contribution < 1.29 is 0 Å². The summed E-state index contributed by atoms with van der Waals surface area (Å²) in [6.07, 6.45) is 3.75. The highest BCUT2D eigenvalue weighted by molar-refractivity contribution is 7.71. The Bertz CT molecular complexity index is 492. The summed E-state index contributed by atoms with van der Waals surface area (Å²) < 4.78 is 3.01. The van der Waals surface area contributed by atoms with Gasteiger partial charge >= 0.3 is 0 Å². The summed E-state index contributed by atoms with van der Waals surface area (Å²) in [7, 11) is 0. The molecule has 100 valence electrons. The van der Waals surface area contributed by atoms with E-state index < -0.39 is 0 Å². The van der Waals surface area contributed by atoms with E-state index in [1.165, 1.54) is 19.3 Å². The summed E-state index contributed by atoms with van der Waals surface area (Å²) >= 11 is 5.35. The van der Waals surface area contributed by atoms with Crippen molar-refractivity contribution in [3.8, 4) is 0 Å². The molecule has 0 radical (unpaired) electrons. The minimum Gasteiger partial charge on any atom is -0.341 e. The Morgan fingerprint density at radius 2 is 2.00 bits per heavy atom. The van der Waals surface area contributed by atoms with E-state index >= 15 is 0 Å². The van der Waals surface area contributed by atoms with Crippen LogP contribution in [0.15, 0.2) is 0 Å². The van der Waals surface area contributed by atoms with Crippen LogP contribution in [0.25, 0.3) is 0 Å². The molecular weight excluding hydrogens is 244 g/mol. The minimum atomic E-state index is 0.381. The first kappa shape index (κ1) is 12.2. The summed E-state index contributed by atoms with van der Waals surface area (Å²) in [5.74, 6) is 1.81. The zero-order valence-electron chi connectivity index (χ0n) is 11.4. The van der Waals surface area contributed by atoms with Crippen LogP contribution in [0.4, 0.5) is 5.95 Å². The number of H-pyrrole nitrogens is 1. The van der Waals surface area contributed by atoms with Crippen LogP contribution in [0.5, 0.6) is 0 Å². The fourth-order valence-corrected chi connectivity index (χ4v) is 3.11. The van der Waals surface area contributed by atoms with Crippen LogP contribution in [0.3, 0.4) is 0 Å². The second-order valence-corrected chi connectivity index (χ2v) is 7.11. The van der Waals surface area contributed by atoms with Crippen LogP contribution < -0.4 is 4.90 Å². The van der Waals surface area contributed by atoms with Gasteiger partial charge in [-0.1, -0.05) is 20.8 Å². The van der Waals surface area contributed by atoms with Gasteiger partial charge in [-0.25, -0.2) is 5.10 Å². The quantitative estimate of drug-likeness (QED) is 0.836. The smallest absolute Gasteiger partial charge is 0.225 e. The Morgan fingerprint density at radius 1 is 1.28 bits per heavy atom. The van der Waals surface area contributed by atoms with E-state index in [0.717, 1.165) is 29.7 Å². The fourth-order valence-electron chi connectivity index (χ4n) is 2.83. The first-order valence-electron chi connectivity index (χ1n) is 6.88. The lowest BCUT2D eigenvalue weighted by Crippen LogP contribution is -2.27. The molecule has 4 nitrogen and oxygen atoms in total. The second-order valence-electron chi connectivity index (χ2n) is 6.73. The van der Waals surface area contributed by atoms with Gasteiger partial charge < -0.3 is 4.90 Å². The van der Waals surface area contributed by atoms with Crippen LogP contribution in [0.2, 0.25) is 0 Å². The molecule has 1 saturated carbocycles. The molecule has 0 amide bonds. The Morgan fingerprint density at radius 3 is 2.56 bits per heavy atom. The molecule has 3 rings (SSSR count). The molecule has 1 unspecified atom stereocenters. The SMILES string of the molecule is CC(C)(C)C1CCN(c2n[nH]c(=S)n2C2CC2)C1. The van der Waals surface area contributed by atoms with Gasteiger partial charge in [0, 0.05) is 19.1 Å². The van der Waals surface area contributed by atoms with Crippen LogP contribution >= 0.6 is 12.2 Å². The molecule has 5 heteroatoms. The molecular formula is C13H22N4S. The van der Waals surface area contributed by atoms with Crippen molar-refractivity contribution in [1.29, 1.82) is 0 Å². The Kier molecular flexibility index (Phi) is 2.77. The van der Waals surface area contributed by atoms with Crippen molar-refractivity contribution in [3.63, 3.8) is 0 Å². The molecule has 1 N–H and O–H groups in total. The highest BCUT2D eigenvalue weighted by atomic mass is 32.1. The zero-order valence-corrected chi connectivity index (χ0v) is 12.3. The lowest BCUT2D eigenvalue weighted by molar-refractivity contribution is 0.263. The van der Waals surface area contributed by atoms with E-state index in [0.29, 0.717) is 11.5 Å². The zero-order chi connectivity index (χ0) is 12.9. The first-order chi connectivity index (χ1) is 8.47. The fraction of sp³-hybridized carbons (Fsp3) is 0.846. The van der Waals surface area contributed by atoms with Gasteiger partial charge in [0.05, 0.1) is 0 Å². The van der Waals surface area contributed by atoms with E-state index in [9.17, 15) is 0 Å². The Balaban J connectivity index is 1.83. The molecule has 1 aliphatic carbocycles. The predicted octanol–water partition coefficient (Wildman–Crippen LogP) is 3.15. The summed E-state index contributed by atoms with van der Waals surface area (Å²) in [6.45, 7) is 9.21. The van der Waals surface area contributed by atoms with E-state index in [4.69, 9.17) is 12.2 Å². The largest absolute Gasteiger partial charge is 0.341 e. The normalized spacial score (nSPS) is 24.8. The summed E-state index contributed by atoms with van der Waals surface area (Å²) in [6, 6.07) is 0.597. The standard InChI is InChI=1S/C13H22N4S/c1-13(2,3)9-6-7-16(8-9)11-14-15-12(18)17(11)10-4-5-10/h9-10H,4-8H2,1-3H3,(H,15,18). The Labute approximate surface area is 113 Å². The number of anilines is 1. The third kappa shape index (κ3) is 2.09. The molecule has 1 aliphatic heterocycles. The summed E-state index contributed by atoms with van der Waals surface area (Å²) in [4.78, 5) is 2.40.